The molecule has 116 valence electrons. The van der Waals surface area contributed by atoms with Crippen LogP contribution in [0.25, 0.3) is 11.4 Å². The molecule has 1 aliphatic heterocycles. The van der Waals surface area contributed by atoms with Gasteiger partial charge in [-0.3, -0.25) is 4.90 Å². The fourth-order valence-electron chi connectivity index (χ4n) is 4.10. The molecule has 2 aliphatic rings. The molecular weight excluding hydrogens is 270 g/mol. The summed E-state index contributed by atoms with van der Waals surface area (Å²) in [4.78, 5) is 7.36. The van der Waals surface area contributed by atoms with Crippen molar-refractivity contribution in [2.24, 2.45) is 0 Å². The zero-order valence-corrected chi connectivity index (χ0v) is 13.4. The molecule has 1 aromatic carbocycles. The van der Waals surface area contributed by atoms with Crippen molar-refractivity contribution in [1.82, 2.24) is 14.5 Å². The zero-order chi connectivity index (χ0) is 14.9. The minimum atomic E-state index is 0.597. The molecule has 0 unspecified atom stereocenters. The van der Waals surface area contributed by atoms with Crippen LogP contribution in [-0.4, -0.2) is 33.6 Å². The van der Waals surface area contributed by atoms with Crippen LogP contribution in [0.4, 0.5) is 0 Å². The number of aryl methyl sites for hydroxylation is 1. The van der Waals surface area contributed by atoms with E-state index in [0.29, 0.717) is 6.04 Å². The number of hydrogen-bond acceptors (Lipinski definition) is 2. The first-order valence-corrected chi connectivity index (χ1v) is 8.66. The van der Waals surface area contributed by atoms with Crippen LogP contribution in [0, 0.1) is 6.92 Å². The second-order valence-corrected chi connectivity index (χ2v) is 6.86. The molecule has 2 aromatic rings. The highest BCUT2D eigenvalue weighted by Gasteiger charge is 2.35. The molecule has 0 radical (unpaired) electrons. The number of benzene rings is 1. The van der Waals surface area contributed by atoms with Crippen molar-refractivity contribution in [3.05, 3.63) is 42.2 Å². The first-order valence-electron chi connectivity index (χ1n) is 8.66. The lowest BCUT2D eigenvalue weighted by molar-refractivity contribution is 0.0412. The molecule has 22 heavy (non-hydrogen) atoms. The van der Waals surface area contributed by atoms with Gasteiger partial charge in [0.2, 0.25) is 0 Å². The van der Waals surface area contributed by atoms with Crippen LogP contribution < -0.4 is 0 Å². The Labute approximate surface area is 133 Å². The molecule has 2 fully saturated rings. The summed E-state index contributed by atoms with van der Waals surface area (Å²) < 4.78 is 2.45. The van der Waals surface area contributed by atoms with E-state index in [9.17, 15) is 0 Å². The summed E-state index contributed by atoms with van der Waals surface area (Å²) in [6.45, 7) is 4.58. The summed E-state index contributed by atoms with van der Waals surface area (Å²) in [6.07, 6.45) is 9.11. The molecule has 2 heterocycles. The maximum absolute atomic E-state index is 4.67. The highest BCUT2D eigenvalue weighted by molar-refractivity contribution is 5.56. The Morgan fingerprint density at radius 3 is 2.41 bits per heavy atom. The Morgan fingerprint density at radius 2 is 1.68 bits per heavy atom. The lowest BCUT2D eigenvalue weighted by Gasteiger charge is -2.46. The molecule has 0 spiro atoms. The van der Waals surface area contributed by atoms with E-state index in [1.165, 1.54) is 56.5 Å². The molecular formula is C19H25N3. The lowest BCUT2D eigenvalue weighted by atomic mass is 9.91. The molecule has 0 N–H and O–H groups in total. The molecule has 3 heteroatoms. The number of nitrogens with zero attached hydrogens (tertiary/aromatic N) is 3. The van der Waals surface area contributed by atoms with Gasteiger partial charge in [-0.1, -0.05) is 49.6 Å². The van der Waals surface area contributed by atoms with Crippen molar-refractivity contribution in [2.75, 3.05) is 13.1 Å². The van der Waals surface area contributed by atoms with Gasteiger partial charge in [0.05, 0.1) is 6.04 Å². The molecule has 3 nitrogen and oxygen atoms in total. The van der Waals surface area contributed by atoms with Crippen LogP contribution in [0.5, 0.6) is 0 Å². The third kappa shape index (κ3) is 2.48. The zero-order valence-electron chi connectivity index (χ0n) is 13.4. The van der Waals surface area contributed by atoms with E-state index in [1.807, 2.05) is 6.20 Å². The van der Waals surface area contributed by atoms with Gasteiger partial charge in [0.1, 0.15) is 5.82 Å². The lowest BCUT2D eigenvalue weighted by Crippen LogP contribution is -2.53. The summed E-state index contributed by atoms with van der Waals surface area (Å²) >= 11 is 0. The number of imidazole rings is 1. The first kappa shape index (κ1) is 14.0. The monoisotopic (exact) mass is 295 g/mol. The van der Waals surface area contributed by atoms with E-state index < -0.39 is 0 Å². The maximum atomic E-state index is 4.67. The maximum Gasteiger partial charge on any atom is 0.140 e. The number of rotatable bonds is 3. The average molecular weight is 295 g/mol. The van der Waals surface area contributed by atoms with Gasteiger partial charge >= 0.3 is 0 Å². The van der Waals surface area contributed by atoms with E-state index in [-0.39, 0.29) is 0 Å². The fraction of sp³-hybridized carbons (Fsp3) is 0.526. The van der Waals surface area contributed by atoms with Gasteiger partial charge in [-0.05, 0) is 19.8 Å². The average Bonchev–Trinajstić information content (AvgIpc) is 2.90. The van der Waals surface area contributed by atoms with Gasteiger partial charge in [-0.2, -0.15) is 0 Å². The SMILES string of the molecule is Cc1cnc(-c2ccccc2)n1C1CN(C2CCCCC2)C1. The smallest absolute Gasteiger partial charge is 0.140 e. The normalized spacial score (nSPS) is 21.0. The van der Waals surface area contributed by atoms with Gasteiger partial charge in [0, 0.05) is 36.6 Å². The van der Waals surface area contributed by atoms with Crippen molar-refractivity contribution in [3.63, 3.8) is 0 Å². The third-order valence-corrected chi connectivity index (χ3v) is 5.36. The first-order chi connectivity index (χ1) is 10.8. The quantitative estimate of drug-likeness (QED) is 0.852. The molecule has 0 amide bonds. The highest BCUT2D eigenvalue weighted by Crippen LogP contribution is 2.34. The van der Waals surface area contributed by atoms with Gasteiger partial charge in [0.15, 0.2) is 0 Å². The van der Waals surface area contributed by atoms with E-state index in [1.54, 1.807) is 0 Å². The number of likely N-dealkylation sites (tertiary alicyclic amines) is 1. The number of aromatic nitrogens is 2. The van der Waals surface area contributed by atoms with Crippen molar-refractivity contribution in [1.29, 1.82) is 0 Å². The minimum Gasteiger partial charge on any atom is -0.323 e. The van der Waals surface area contributed by atoms with Crippen LogP contribution in [0.3, 0.4) is 0 Å². The summed E-state index contributed by atoms with van der Waals surface area (Å²) in [7, 11) is 0. The second kappa shape index (κ2) is 5.88. The summed E-state index contributed by atoms with van der Waals surface area (Å²) in [5.74, 6) is 1.13. The molecule has 1 aromatic heterocycles. The predicted molar refractivity (Wildman–Crippen MR) is 89.9 cm³/mol. The van der Waals surface area contributed by atoms with Crippen LogP contribution >= 0.6 is 0 Å². The van der Waals surface area contributed by atoms with Crippen molar-refractivity contribution < 1.29 is 0 Å². The van der Waals surface area contributed by atoms with E-state index in [0.717, 1.165) is 11.9 Å². The van der Waals surface area contributed by atoms with E-state index >= 15 is 0 Å². The molecule has 1 saturated heterocycles. The van der Waals surface area contributed by atoms with Gasteiger partial charge in [-0.25, -0.2) is 4.98 Å². The Morgan fingerprint density at radius 1 is 0.955 bits per heavy atom. The van der Waals surface area contributed by atoms with E-state index in [4.69, 9.17) is 0 Å². The summed E-state index contributed by atoms with van der Waals surface area (Å²) in [6, 6.07) is 12.0. The van der Waals surface area contributed by atoms with Crippen LogP contribution in [0.1, 0.15) is 43.8 Å². The molecule has 1 saturated carbocycles. The molecule has 4 rings (SSSR count). The largest absolute Gasteiger partial charge is 0.323 e. The Hall–Kier alpha value is -1.61. The van der Waals surface area contributed by atoms with Crippen LogP contribution in [0.2, 0.25) is 0 Å². The van der Waals surface area contributed by atoms with Gasteiger partial charge in [-0.15, -0.1) is 0 Å². The Balaban J connectivity index is 1.51. The standard InChI is InChI=1S/C19H25N3/c1-15-12-20-19(16-8-4-2-5-9-16)22(15)18-13-21(14-18)17-10-6-3-7-11-17/h2,4-5,8-9,12,17-18H,3,6-7,10-11,13-14H2,1H3. The van der Waals surface area contributed by atoms with E-state index in [2.05, 4.69) is 51.7 Å². The van der Waals surface area contributed by atoms with Crippen molar-refractivity contribution in [2.45, 2.75) is 51.1 Å². The van der Waals surface area contributed by atoms with Crippen molar-refractivity contribution in [3.8, 4) is 11.4 Å². The van der Waals surface area contributed by atoms with Crippen LogP contribution in [0.15, 0.2) is 36.5 Å². The predicted octanol–water partition coefficient (Wildman–Crippen LogP) is 4.05. The minimum absolute atomic E-state index is 0.597. The second-order valence-electron chi connectivity index (χ2n) is 6.86. The molecule has 0 atom stereocenters. The molecule has 1 aliphatic carbocycles. The van der Waals surface area contributed by atoms with Crippen LogP contribution in [-0.2, 0) is 0 Å². The Bertz CT molecular complexity index is 619. The van der Waals surface area contributed by atoms with Gasteiger partial charge < -0.3 is 4.57 Å². The van der Waals surface area contributed by atoms with Gasteiger partial charge in [0.25, 0.3) is 0 Å². The topological polar surface area (TPSA) is 21.1 Å². The number of hydrogen-bond donors (Lipinski definition) is 0. The molecule has 0 bridgehead atoms. The Kier molecular flexibility index (Phi) is 3.75. The highest BCUT2D eigenvalue weighted by atomic mass is 15.3. The summed E-state index contributed by atoms with van der Waals surface area (Å²) in [5.41, 5.74) is 2.51. The third-order valence-electron chi connectivity index (χ3n) is 5.36. The fourth-order valence-corrected chi connectivity index (χ4v) is 4.10. The van der Waals surface area contributed by atoms with Crippen molar-refractivity contribution >= 4 is 0 Å². The summed E-state index contributed by atoms with van der Waals surface area (Å²) in [5, 5.41) is 0.